The van der Waals surface area contributed by atoms with Crippen molar-refractivity contribution in [3.8, 4) is 0 Å². The lowest BCUT2D eigenvalue weighted by Crippen LogP contribution is -2.02. The number of benzene rings is 1. The van der Waals surface area contributed by atoms with Crippen LogP contribution in [0, 0.1) is 20.8 Å². The van der Waals surface area contributed by atoms with Gasteiger partial charge in [-0.15, -0.1) is 11.6 Å². The van der Waals surface area contributed by atoms with Gasteiger partial charge in [-0.25, -0.2) is 0 Å². The number of aliphatic hydroxyl groups excluding tert-OH is 1. The van der Waals surface area contributed by atoms with Crippen LogP contribution in [0.15, 0.2) is 12.1 Å². The van der Waals surface area contributed by atoms with Crippen LogP contribution in [-0.2, 0) is 0 Å². The first-order valence-corrected chi connectivity index (χ1v) is 5.41. The van der Waals surface area contributed by atoms with E-state index in [0.717, 1.165) is 11.1 Å². The van der Waals surface area contributed by atoms with Crippen LogP contribution in [0.1, 0.15) is 34.8 Å². The summed E-state index contributed by atoms with van der Waals surface area (Å²) in [7, 11) is 0. The van der Waals surface area contributed by atoms with Gasteiger partial charge < -0.3 is 5.11 Å². The van der Waals surface area contributed by atoms with E-state index in [-0.39, 0.29) is 0 Å². The molecular weight excluding hydrogens is 196 g/mol. The van der Waals surface area contributed by atoms with E-state index in [9.17, 15) is 5.11 Å². The fraction of sp³-hybridized carbons (Fsp3) is 0.500. The number of halogens is 1. The summed E-state index contributed by atoms with van der Waals surface area (Å²) < 4.78 is 0. The average molecular weight is 213 g/mol. The second-order valence-electron chi connectivity index (χ2n) is 3.79. The van der Waals surface area contributed by atoms with E-state index >= 15 is 0 Å². The molecule has 0 aliphatic carbocycles. The normalized spacial score (nSPS) is 12.9. The molecule has 0 heterocycles. The highest BCUT2D eigenvalue weighted by molar-refractivity contribution is 6.17. The van der Waals surface area contributed by atoms with Crippen LogP contribution in [0.4, 0.5) is 0 Å². The molecule has 0 radical (unpaired) electrons. The van der Waals surface area contributed by atoms with Crippen molar-refractivity contribution in [1.29, 1.82) is 0 Å². The van der Waals surface area contributed by atoms with E-state index in [1.54, 1.807) is 0 Å². The Kier molecular flexibility index (Phi) is 3.97. The Bertz CT molecular complexity index is 320. The third kappa shape index (κ3) is 2.49. The molecule has 1 nitrogen and oxygen atoms in total. The fourth-order valence-electron chi connectivity index (χ4n) is 1.60. The molecule has 14 heavy (non-hydrogen) atoms. The first-order valence-electron chi connectivity index (χ1n) is 4.88. The van der Waals surface area contributed by atoms with Gasteiger partial charge in [-0.3, -0.25) is 0 Å². The van der Waals surface area contributed by atoms with E-state index in [4.69, 9.17) is 11.6 Å². The van der Waals surface area contributed by atoms with Crippen molar-refractivity contribution in [3.05, 3.63) is 34.4 Å². The van der Waals surface area contributed by atoms with Gasteiger partial charge in [0.1, 0.15) is 0 Å². The summed E-state index contributed by atoms with van der Waals surface area (Å²) in [4.78, 5) is 0. The second-order valence-corrected chi connectivity index (χ2v) is 4.16. The highest BCUT2D eigenvalue weighted by Crippen LogP contribution is 2.24. The van der Waals surface area contributed by atoms with Crippen LogP contribution in [-0.4, -0.2) is 11.0 Å². The topological polar surface area (TPSA) is 20.2 Å². The molecule has 0 fully saturated rings. The molecule has 1 rings (SSSR count). The molecule has 0 aliphatic heterocycles. The Hall–Kier alpha value is -0.530. The third-order valence-corrected chi connectivity index (χ3v) is 2.84. The number of alkyl halides is 1. The molecule has 1 atom stereocenters. The predicted molar refractivity (Wildman–Crippen MR) is 60.9 cm³/mol. The van der Waals surface area contributed by atoms with Crippen LogP contribution in [0.2, 0.25) is 0 Å². The Morgan fingerprint density at radius 2 is 1.71 bits per heavy atom. The molecule has 0 aliphatic rings. The van der Waals surface area contributed by atoms with Gasteiger partial charge in [0.05, 0.1) is 6.10 Å². The fourth-order valence-corrected chi connectivity index (χ4v) is 1.81. The van der Waals surface area contributed by atoms with Crippen molar-refractivity contribution in [2.24, 2.45) is 0 Å². The molecular formula is C12H17ClO. The number of rotatable bonds is 3. The summed E-state index contributed by atoms with van der Waals surface area (Å²) in [6.45, 7) is 6.17. The Morgan fingerprint density at radius 3 is 2.29 bits per heavy atom. The number of hydrogen-bond acceptors (Lipinski definition) is 1. The van der Waals surface area contributed by atoms with E-state index in [1.165, 1.54) is 11.1 Å². The molecule has 1 N–H and O–H groups in total. The largest absolute Gasteiger partial charge is 0.388 e. The minimum absolute atomic E-state index is 0.424. The van der Waals surface area contributed by atoms with Crippen LogP contribution < -0.4 is 0 Å². The zero-order chi connectivity index (χ0) is 10.7. The van der Waals surface area contributed by atoms with Gasteiger partial charge in [-0.05, 0) is 49.4 Å². The predicted octanol–water partition coefficient (Wildman–Crippen LogP) is 3.27. The van der Waals surface area contributed by atoms with Gasteiger partial charge in [0.25, 0.3) is 0 Å². The third-order valence-electron chi connectivity index (χ3n) is 2.62. The van der Waals surface area contributed by atoms with Crippen LogP contribution in [0.3, 0.4) is 0 Å². The average Bonchev–Trinajstić information content (AvgIpc) is 2.11. The second kappa shape index (κ2) is 4.81. The molecule has 0 amide bonds. The number of hydrogen-bond donors (Lipinski definition) is 1. The van der Waals surface area contributed by atoms with Crippen molar-refractivity contribution in [3.63, 3.8) is 0 Å². The lowest BCUT2D eigenvalue weighted by molar-refractivity contribution is 0.174. The van der Waals surface area contributed by atoms with Gasteiger partial charge in [0.15, 0.2) is 0 Å². The molecule has 0 saturated heterocycles. The minimum atomic E-state index is -0.424. The molecule has 1 unspecified atom stereocenters. The summed E-state index contributed by atoms with van der Waals surface area (Å²) in [6, 6.07) is 4.17. The Labute approximate surface area is 90.7 Å². The van der Waals surface area contributed by atoms with Crippen LogP contribution in [0.25, 0.3) is 0 Å². The zero-order valence-corrected chi connectivity index (χ0v) is 9.73. The lowest BCUT2D eigenvalue weighted by atomic mass is 9.96. The van der Waals surface area contributed by atoms with Crippen molar-refractivity contribution in [2.75, 3.05) is 5.88 Å². The number of aryl methyl sites for hydroxylation is 3. The lowest BCUT2D eigenvalue weighted by Gasteiger charge is -2.14. The molecule has 0 bridgehead atoms. The van der Waals surface area contributed by atoms with E-state index in [1.807, 2.05) is 6.92 Å². The monoisotopic (exact) mass is 212 g/mol. The summed E-state index contributed by atoms with van der Waals surface area (Å²) in [5.74, 6) is 0.494. The van der Waals surface area contributed by atoms with Crippen molar-refractivity contribution >= 4 is 11.6 Å². The SMILES string of the molecule is Cc1cc(C)c(C(O)CCCl)cc1C. The van der Waals surface area contributed by atoms with Crippen molar-refractivity contribution < 1.29 is 5.11 Å². The smallest absolute Gasteiger partial charge is 0.0804 e. The standard InChI is InChI=1S/C12H17ClO/c1-8-6-10(3)11(7-9(8)2)12(14)4-5-13/h6-7,12,14H,4-5H2,1-3H3. The van der Waals surface area contributed by atoms with Gasteiger partial charge in [-0.1, -0.05) is 12.1 Å². The van der Waals surface area contributed by atoms with Crippen molar-refractivity contribution in [2.45, 2.75) is 33.3 Å². The molecule has 0 spiro atoms. The zero-order valence-electron chi connectivity index (χ0n) is 8.97. The summed E-state index contributed by atoms with van der Waals surface area (Å²) in [5.41, 5.74) is 4.64. The van der Waals surface area contributed by atoms with Gasteiger partial charge >= 0.3 is 0 Å². The maximum absolute atomic E-state index is 9.83. The summed E-state index contributed by atoms with van der Waals surface area (Å²) in [6.07, 6.45) is 0.192. The Morgan fingerprint density at radius 1 is 1.14 bits per heavy atom. The summed E-state index contributed by atoms with van der Waals surface area (Å²) in [5, 5.41) is 9.83. The molecule has 2 heteroatoms. The maximum Gasteiger partial charge on any atom is 0.0804 e. The number of aliphatic hydroxyl groups is 1. The molecule has 78 valence electrons. The van der Waals surface area contributed by atoms with Crippen LogP contribution in [0.5, 0.6) is 0 Å². The van der Waals surface area contributed by atoms with Gasteiger partial charge in [0, 0.05) is 5.88 Å². The first-order chi connectivity index (χ1) is 6.56. The molecule has 1 aromatic carbocycles. The summed E-state index contributed by atoms with van der Waals surface area (Å²) >= 11 is 5.61. The van der Waals surface area contributed by atoms with Gasteiger partial charge in [-0.2, -0.15) is 0 Å². The maximum atomic E-state index is 9.83. The van der Waals surface area contributed by atoms with Crippen molar-refractivity contribution in [1.82, 2.24) is 0 Å². The van der Waals surface area contributed by atoms with Gasteiger partial charge in [0.2, 0.25) is 0 Å². The highest BCUT2D eigenvalue weighted by Gasteiger charge is 2.10. The van der Waals surface area contributed by atoms with E-state index in [0.29, 0.717) is 12.3 Å². The Balaban J connectivity index is 3.02. The highest BCUT2D eigenvalue weighted by atomic mass is 35.5. The van der Waals surface area contributed by atoms with E-state index < -0.39 is 6.10 Å². The first kappa shape index (κ1) is 11.5. The minimum Gasteiger partial charge on any atom is -0.388 e. The van der Waals surface area contributed by atoms with E-state index in [2.05, 4.69) is 26.0 Å². The quantitative estimate of drug-likeness (QED) is 0.763. The molecule has 0 saturated carbocycles. The van der Waals surface area contributed by atoms with Crippen LogP contribution >= 0.6 is 11.6 Å². The molecule has 0 aromatic heterocycles. The molecule has 1 aromatic rings.